The summed E-state index contributed by atoms with van der Waals surface area (Å²) in [7, 11) is 0.136. The first-order valence-corrected chi connectivity index (χ1v) is 10.1. The molecule has 0 radical (unpaired) electrons. The summed E-state index contributed by atoms with van der Waals surface area (Å²) < 4.78 is 27.3. The molecule has 2 heterocycles. The van der Waals surface area contributed by atoms with Crippen LogP contribution in [0.2, 0.25) is 0 Å². The number of hydrogen-bond donors (Lipinski definition) is 1. The van der Waals surface area contributed by atoms with E-state index >= 15 is 0 Å². The van der Waals surface area contributed by atoms with E-state index in [0.29, 0.717) is 17.3 Å². The Morgan fingerprint density at radius 1 is 1.46 bits per heavy atom. The van der Waals surface area contributed by atoms with Crippen LogP contribution >= 0.6 is 23.7 Å². The second-order valence-electron chi connectivity index (χ2n) is 5.93. The summed E-state index contributed by atoms with van der Waals surface area (Å²) in [6.45, 7) is 4.02. The second-order valence-corrected chi connectivity index (χ2v) is 9.38. The lowest BCUT2D eigenvalue weighted by molar-refractivity contribution is -0.135. The molecule has 138 valence electrons. The summed E-state index contributed by atoms with van der Waals surface area (Å²) in [6, 6.07) is 3.47. The Hall–Kier alpha value is -0.670. The van der Waals surface area contributed by atoms with Crippen LogP contribution in [-0.2, 0) is 14.8 Å². The van der Waals surface area contributed by atoms with Crippen molar-refractivity contribution < 1.29 is 13.2 Å². The first kappa shape index (κ1) is 21.4. The Balaban J connectivity index is 0.00000288. The quantitative estimate of drug-likeness (QED) is 0.793. The fourth-order valence-electron chi connectivity index (χ4n) is 2.74. The van der Waals surface area contributed by atoms with Gasteiger partial charge in [0.05, 0.1) is 5.92 Å². The fraction of sp³-hybridized carbons (Fsp3) is 0.667. The highest BCUT2D eigenvalue weighted by Gasteiger charge is 2.34. The van der Waals surface area contributed by atoms with Gasteiger partial charge in [0.25, 0.3) is 10.0 Å². The van der Waals surface area contributed by atoms with Crippen molar-refractivity contribution in [2.45, 2.75) is 24.0 Å². The highest BCUT2D eigenvalue weighted by molar-refractivity contribution is 7.91. The van der Waals surface area contributed by atoms with E-state index in [9.17, 15) is 13.2 Å². The van der Waals surface area contributed by atoms with Crippen LogP contribution in [0.3, 0.4) is 0 Å². The van der Waals surface area contributed by atoms with Gasteiger partial charge in [0.2, 0.25) is 5.91 Å². The second kappa shape index (κ2) is 9.15. The molecule has 0 bridgehead atoms. The molecule has 0 aromatic carbocycles. The van der Waals surface area contributed by atoms with Gasteiger partial charge < -0.3 is 10.2 Å². The van der Waals surface area contributed by atoms with E-state index in [1.807, 2.05) is 20.0 Å². The number of nitrogens with zero attached hydrogens (tertiary/aromatic N) is 2. The van der Waals surface area contributed by atoms with E-state index in [2.05, 4.69) is 5.32 Å². The molecule has 1 fully saturated rings. The summed E-state index contributed by atoms with van der Waals surface area (Å²) >= 11 is 1.28. The molecule has 1 amide bonds. The molecule has 1 saturated heterocycles. The molecule has 1 aliphatic heterocycles. The molecule has 24 heavy (non-hydrogen) atoms. The summed E-state index contributed by atoms with van der Waals surface area (Å²) in [5.74, 6) is -0.219. The van der Waals surface area contributed by atoms with Crippen molar-refractivity contribution in [2.75, 3.05) is 40.3 Å². The minimum atomic E-state index is -3.48. The van der Waals surface area contributed by atoms with Crippen LogP contribution in [-0.4, -0.2) is 63.8 Å². The van der Waals surface area contributed by atoms with Crippen LogP contribution in [0.25, 0.3) is 0 Å². The molecule has 2 rings (SSSR count). The minimum Gasteiger partial charge on any atom is -0.344 e. The number of likely N-dealkylation sites (N-methyl/N-ethyl adjacent to an activating group) is 2. The van der Waals surface area contributed by atoms with Gasteiger partial charge in [-0.1, -0.05) is 0 Å². The van der Waals surface area contributed by atoms with E-state index in [0.717, 1.165) is 24.3 Å². The Morgan fingerprint density at radius 2 is 2.17 bits per heavy atom. The van der Waals surface area contributed by atoms with Crippen LogP contribution in [0.4, 0.5) is 0 Å². The van der Waals surface area contributed by atoms with E-state index in [-0.39, 0.29) is 30.8 Å². The molecular weight excluding hydrogens is 370 g/mol. The van der Waals surface area contributed by atoms with Gasteiger partial charge in [-0.15, -0.1) is 23.7 Å². The Morgan fingerprint density at radius 3 is 2.75 bits per heavy atom. The summed E-state index contributed by atoms with van der Waals surface area (Å²) in [5.41, 5.74) is 0. The standard InChI is InChI=1S/C15H25N3O3S2.ClH/c1-12-6-7-14(22-12)23(20,21)18-9-4-5-13(11-18)15(19)17(3)10-8-16-2;/h6-7,13,16H,4-5,8-11H2,1-3H3;1H. The van der Waals surface area contributed by atoms with Gasteiger partial charge in [0.1, 0.15) is 4.21 Å². The van der Waals surface area contributed by atoms with Crippen molar-refractivity contribution in [3.05, 3.63) is 17.0 Å². The molecule has 0 spiro atoms. The van der Waals surface area contributed by atoms with Crippen molar-refractivity contribution in [3.63, 3.8) is 0 Å². The monoisotopic (exact) mass is 395 g/mol. The van der Waals surface area contributed by atoms with Crippen molar-refractivity contribution in [2.24, 2.45) is 5.92 Å². The van der Waals surface area contributed by atoms with Crippen molar-refractivity contribution in [3.8, 4) is 0 Å². The molecule has 1 N–H and O–H groups in total. The number of halogens is 1. The highest BCUT2D eigenvalue weighted by Crippen LogP contribution is 2.28. The number of rotatable bonds is 6. The zero-order valence-electron chi connectivity index (χ0n) is 14.3. The van der Waals surface area contributed by atoms with Gasteiger partial charge in [0.15, 0.2) is 0 Å². The maximum absolute atomic E-state index is 12.7. The minimum absolute atomic E-state index is 0. The van der Waals surface area contributed by atoms with Crippen molar-refractivity contribution >= 4 is 39.7 Å². The van der Waals surface area contributed by atoms with Crippen LogP contribution < -0.4 is 5.32 Å². The van der Waals surface area contributed by atoms with E-state index in [1.54, 1.807) is 18.0 Å². The molecule has 1 atom stereocenters. The molecule has 0 saturated carbocycles. The predicted octanol–water partition coefficient (Wildman–Crippen LogP) is 1.56. The van der Waals surface area contributed by atoms with Gasteiger partial charge in [-0.25, -0.2) is 8.42 Å². The number of piperidine rings is 1. The summed E-state index contributed by atoms with van der Waals surface area (Å²) in [6.07, 6.45) is 1.47. The maximum atomic E-state index is 12.7. The Labute approximate surface area is 154 Å². The normalized spacial score (nSPS) is 18.9. The van der Waals surface area contributed by atoms with Gasteiger partial charge in [-0.05, 0) is 38.9 Å². The van der Waals surface area contributed by atoms with Gasteiger partial charge in [-0.2, -0.15) is 4.31 Å². The first-order valence-electron chi connectivity index (χ1n) is 7.82. The van der Waals surface area contributed by atoms with Gasteiger partial charge in [-0.3, -0.25) is 4.79 Å². The number of aryl methyl sites for hydroxylation is 1. The van der Waals surface area contributed by atoms with Crippen LogP contribution in [0, 0.1) is 12.8 Å². The van der Waals surface area contributed by atoms with Crippen molar-refractivity contribution in [1.29, 1.82) is 0 Å². The van der Waals surface area contributed by atoms with E-state index in [4.69, 9.17) is 0 Å². The lowest BCUT2D eigenvalue weighted by atomic mass is 9.98. The largest absolute Gasteiger partial charge is 0.344 e. The number of carbonyl (C=O) groups excluding carboxylic acids is 1. The number of sulfonamides is 1. The first-order chi connectivity index (χ1) is 10.9. The third-order valence-electron chi connectivity index (χ3n) is 4.12. The number of amides is 1. The fourth-order valence-corrected chi connectivity index (χ4v) is 5.70. The summed E-state index contributed by atoms with van der Waals surface area (Å²) in [5, 5.41) is 3.01. The van der Waals surface area contributed by atoms with Gasteiger partial charge >= 0.3 is 0 Å². The molecular formula is C15H26ClN3O3S2. The number of carbonyl (C=O) groups is 1. The van der Waals surface area contributed by atoms with E-state index < -0.39 is 10.0 Å². The molecule has 1 unspecified atom stereocenters. The molecule has 6 nitrogen and oxygen atoms in total. The lowest BCUT2D eigenvalue weighted by Gasteiger charge is -2.33. The Kier molecular flexibility index (Phi) is 8.14. The number of thiophene rings is 1. The topological polar surface area (TPSA) is 69.7 Å². The van der Waals surface area contributed by atoms with E-state index in [1.165, 1.54) is 15.6 Å². The average Bonchev–Trinajstić information content (AvgIpc) is 2.99. The van der Waals surface area contributed by atoms with Crippen LogP contribution in [0.15, 0.2) is 16.3 Å². The number of hydrogen-bond acceptors (Lipinski definition) is 5. The SMILES string of the molecule is CNCCN(C)C(=O)C1CCCN(S(=O)(=O)c2ccc(C)s2)C1.Cl. The zero-order valence-corrected chi connectivity index (χ0v) is 16.8. The molecule has 1 aromatic heterocycles. The predicted molar refractivity (Wildman–Crippen MR) is 99.4 cm³/mol. The van der Waals surface area contributed by atoms with Gasteiger partial charge in [0, 0.05) is 38.1 Å². The smallest absolute Gasteiger partial charge is 0.252 e. The lowest BCUT2D eigenvalue weighted by Crippen LogP contribution is -2.46. The zero-order chi connectivity index (χ0) is 17.0. The van der Waals surface area contributed by atoms with Crippen molar-refractivity contribution in [1.82, 2.24) is 14.5 Å². The third-order valence-corrected chi connectivity index (χ3v) is 7.45. The molecule has 1 aliphatic rings. The molecule has 0 aliphatic carbocycles. The Bertz CT molecular complexity index is 648. The van der Waals surface area contributed by atoms with Crippen LogP contribution in [0.5, 0.6) is 0 Å². The van der Waals surface area contributed by atoms with Crippen LogP contribution in [0.1, 0.15) is 17.7 Å². The maximum Gasteiger partial charge on any atom is 0.252 e. The highest BCUT2D eigenvalue weighted by atomic mass is 35.5. The molecule has 1 aromatic rings. The average molecular weight is 396 g/mol. The summed E-state index contributed by atoms with van der Waals surface area (Å²) in [4.78, 5) is 15.2. The number of nitrogens with one attached hydrogen (secondary N) is 1. The third kappa shape index (κ3) is 4.92. The molecule has 9 heteroatoms.